The van der Waals surface area contributed by atoms with Crippen LogP contribution >= 0.6 is 0 Å². The molecule has 0 saturated heterocycles. The fourth-order valence-electron chi connectivity index (χ4n) is 2.21. The van der Waals surface area contributed by atoms with Crippen LogP contribution in [-0.4, -0.2) is 34.1 Å². The molecule has 1 saturated carbocycles. The van der Waals surface area contributed by atoms with Crippen LogP contribution in [0.5, 0.6) is 0 Å². The Kier molecular flexibility index (Phi) is 2.07. The van der Waals surface area contributed by atoms with Crippen molar-refractivity contribution >= 4 is 22.7 Å². The van der Waals surface area contributed by atoms with Gasteiger partial charge in [-0.25, -0.2) is 4.98 Å². The van der Waals surface area contributed by atoms with Crippen molar-refractivity contribution < 1.29 is 9.90 Å². The Morgan fingerprint density at radius 2 is 2.41 bits per heavy atom. The van der Waals surface area contributed by atoms with E-state index < -0.39 is 5.97 Å². The van der Waals surface area contributed by atoms with Gasteiger partial charge in [-0.1, -0.05) is 0 Å². The highest BCUT2D eigenvalue weighted by atomic mass is 16.4. The minimum atomic E-state index is -0.704. The summed E-state index contributed by atoms with van der Waals surface area (Å²) >= 11 is 0. The van der Waals surface area contributed by atoms with Crippen molar-refractivity contribution in [2.75, 3.05) is 11.9 Å². The van der Waals surface area contributed by atoms with Crippen LogP contribution in [0.2, 0.25) is 0 Å². The first-order chi connectivity index (χ1) is 8.16. The van der Waals surface area contributed by atoms with Gasteiger partial charge >= 0.3 is 5.97 Å². The molecule has 1 heterocycles. The normalized spacial score (nSPS) is 22.6. The van der Waals surface area contributed by atoms with Crippen molar-refractivity contribution in [2.24, 2.45) is 5.92 Å². The molecule has 1 fully saturated rings. The van der Waals surface area contributed by atoms with Crippen molar-refractivity contribution in [3.63, 3.8) is 0 Å². The number of nitrogens with zero attached hydrogens (tertiary/aromatic N) is 2. The molecule has 1 aromatic heterocycles. The summed E-state index contributed by atoms with van der Waals surface area (Å²) in [6, 6.07) is 6.03. The van der Waals surface area contributed by atoms with Gasteiger partial charge in [0.05, 0.1) is 23.3 Å². The van der Waals surface area contributed by atoms with E-state index in [1.165, 1.54) is 0 Å². The van der Waals surface area contributed by atoms with Crippen LogP contribution in [0, 0.1) is 5.92 Å². The fourth-order valence-corrected chi connectivity index (χ4v) is 2.21. The quantitative estimate of drug-likeness (QED) is 0.839. The average Bonchev–Trinajstić information content (AvgIpc) is 2.99. The number of carboxylic acid groups (broad SMARTS) is 1. The largest absolute Gasteiger partial charge is 0.481 e. The van der Waals surface area contributed by atoms with E-state index in [2.05, 4.69) is 9.97 Å². The summed E-state index contributed by atoms with van der Waals surface area (Å²) in [7, 11) is 1.94. The Bertz CT molecular complexity index is 578. The molecule has 5 nitrogen and oxygen atoms in total. The molecule has 88 valence electrons. The Labute approximate surface area is 98.1 Å². The van der Waals surface area contributed by atoms with Gasteiger partial charge in [-0.05, 0) is 24.6 Å². The smallest absolute Gasteiger partial charge is 0.308 e. The number of aliphatic carboxylic acids is 1. The molecular weight excluding hydrogens is 218 g/mol. The van der Waals surface area contributed by atoms with E-state index >= 15 is 0 Å². The zero-order valence-electron chi connectivity index (χ0n) is 9.42. The standard InChI is InChI=1S/C12H13N3O2/c1-15(11-5-8(11)12(16)17)7-2-3-9-10(4-7)14-6-13-9/h2-4,6,8,11H,5H2,1H3,(H,13,14)(H,16,17). The maximum absolute atomic E-state index is 10.8. The lowest BCUT2D eigenvalue weighted by atomic mass is 10.2. The third-order valence-corrected chi connectivity index (χ3v) is 3.38. The van der Waals surface area contributed by atoms with Gasteiger partial charge in [0.1, 0.15) is 0 Å². The predicted octanol–water partition coefficient (Wildman–Crippen LogP) is 1.47. The number of aromatic amines is 1. The topological polar surface area (TPSA) is 69.2 Å². The first-order valence-electron chi connectivity index (χ1n) is 5.55. The first kappa shape index (κ1) is 10.1. The number of fused-ring (bicyclic) bond motifs is 1. The third-order valence-electron chi connectivity index (χ3n) is 3.38. The van der Waals surface area contributed by atoms with Crippen LogP contribution in [-0.2, 0) is 4.79 Å². The lowest BCUT2D eigenvalue weighted by Gasteiger charge is -2.19. The molecule has 1 aliphatic carbocycles. The second kappa shape index (κ2) is 3.48. The van der Waals surface area contributed by atoms with Crippen molar-refractivity contribution in [1.82, 2.24) is 9.97 Å². The highest BCUT2D eigenvalue weighted by Crippen LogP contribution is 2.38. The van der Waals surface area contributed by atoms with Crippen LogP contribution < -0.4 is 4.90 Å². The molecule has 0 aliphatic heterocycles. The van der Waals surface area contributed by atoms with Gasteiger partial charge in [0, 0.05) is 18.8 Å². The Balaban J connectivity index is 1.86. The summed E-state index contributed by atoms with van der Waals surface area (Å²) < 4.78 is 0. The Morgan fingerprint density at radius 3 is 3.12 bits per heavy atom. The van der Waals surface area contributed by atoms with Crippen LogP contribution in [0.1, 0.15) is 6.42 Å². The maximum Gasteiger partial charge on any atom is 0.308 e. The zero-order valence-corrected chi connectivity index (χ0v) is 9.42. The number of benzene rings is 1. The van der Waals surface area contributed by atoms with E-state index in [1.54, 1.807) is 6.33 Å². The second-order valence-electron chi connectivity index (χ2n) is 4.46. The van der Waals surface area contributed by atoms with E-state index in [4.69, 9.17) is 5.11 Å². The van der Waals surface area contributed by atoms with Gasteiger partial charge in [-0.15, -0.1) is 0 Å². The molecule has 0 bridgehead atoms. The highest BCUT2D eigenvalue weighted by Gasteiger charge is 2.46. The summed E-state index contributed by atoms with van der Waals surface area (Å²) in [5.74, 6) is -0.929. The monoisotopic (exact) mass is 231 g/mol. The molecule has 5 heteroatoms. The van der Waals surface area contributed by atoms with Gasteiger partial charge in [0.2, 0.25) is 0 Å². The van der Waals surface area contributed by atoms with Crippen LogP contribution in [0.15, 0.2) is 24.5 Å². The molecule has 3 rings (SSSR count). The number of rotatable bonds is 3. The number of hydrogen-bond acceptors (Lipinski definition) is 3. The van der Waals surface area contributed by atoms with E-state index in [0.717, 1.165) is 23.1 Å². The number of aromatic nitrogens is 2. The highest BCUT2D eigenvalue weighted by molar-refractivity contribution is 5.80. The van der Waals surface area contributed by atoms with E-state index in [-0.39, 0.29) is 12.0 Å². The fraction of sp³-hybridized carbons (Fsp3) is 0.333. The number of H-pyrrole nitrogens is 1. The molecule has 2 atom stereocenters. The van der Waals surface area contributed by atoms with E-state index in [0.29, 0.717) is 0 Å². The first-order valence-corrected chi connectivity index (χ1v) is 5.55. The van der Waals surface area contributed by atoms with E-state index in [1.807, 2.05) is 30.1 Å². The lowest BCUT2D eigenvalue weighted by Crippen LogP contribution is -2.23. The molecule has 1 aliphatic rings. The molecule has 0 radical (unpaired) electrons. The van der Waals surface area contributed by atoms with Gasteiger partial charge in [0.25, 0.3) is 0 Å². The average molecular weight is 231 g/mol. The number of carboxylic acids is 1. The summed E-state index contributed by atoms with van der Waals surface area (Å²) in [5.41, 5.74) is 2.92. The summed E-state index contributed by atoms with van der Waals surface area (Å²) in [6.07, 6.45) is 2.39. The molecule has 2 unspecified atom stereocenters. The molecule has 0 spiro atoms. The lowest BCUT2D eigenvalue weighted by molar-refractivity contribution is -0.138. The molecular formula is C12H13N3O2. The van der Waals surface area contributed by atoms with Crippen molar-refractivity contribution in [1.29, 1.82) is 0 Å². The Morgan fingerprint density at radius 1 is 1.59 bits per heavy atom. The molecule has 17 heavy (non-hydrogen) atoms. The zero-order chi connectivity index (χ0) is 12.0. The molecule has 1 aromatic carbocycles. The Hall–Kier alpha value is -2.04. The number of imidazole rings is 1. The van der Waals surface area contributed by atoms with Crippen LogP contribution in [0.4, 0.5) is 5.69 Å². The molecule has 2 aromatic rings. The summed E-state index contributed by atoms with van der Waals surface area (Å²) in [4.78, 5) is 20.1. The van der Waals surface area contributed by atoms with Crippen LogP contribution in [0.25, 0.3) is 11.0 Å². The van der Waals surface area contributed by atoms with Crippen molar-refractivity contribution in [2.45, 2.75) is 12.5 Å². The SMILES string of the molecule is CN(c1ccc2nc[nH]c2c1)C1CC1C(=O)O. The van der Waals surface area contributed by atoms with Gasteiger partial charge in [-0.3, -0.25) is 4.79 Å². The minimum absolute atomic E-state index is 0.118. The van der Waals surface area contributed by atoms with Crippen LogP contribution in [0.3, 0.4) is 0 Å². The third kappa shape index (κ3) is 1.63. The minimum Gasteiger partial charge on any atom is -0.481 e. The van der Waals surface area contributed by atoms with Crippen molar-refractivity contribution in [3.05, 3.63) is 24.5 Å². The van der Waals surface area contributed by atoms with Gasteiger partial charge in [0.15, 0.2) is 0 Å². The van der Waals surface area contributed by atoms with Gasteiger partial charge < -0.3 is 15.0 Å². The number of hydrogen-bond donors (Lipinski definition) is 2. The predicted molar refractivity (Wildman–Crippen MR) is 64.0 cm³/mol. The molecule has 2 N–H and O–H groups in total. The van der Waals surface area contributed by atoms with Crippen molar-refractivity contribution in [3.8, 4) is 0 Å². The second-order valence-corrected chi connectivity index (χ2v) is 4.46. The number of anilines is 1. The summed E-state index contributed by atoms with van der Waals surface area (Å²) in [6.45, 7) is 0. The summed E-state index contributed by atoms with van der Waals surface area (Å²) in [5, 5.41) is 8.92. The molecule has 0 amide bonds. The number of nitrogens with one attached hydrogen (secondary N) is 1. The van der Waals surface area contributed by atoms with Gasteiger partial charge in [-0.2, -0.15) is 0 Å². The maximum atomic E-state index is 10.8. The number of carbonyl (C=O) groups is 1. The van der Waals surface area contributed by atoms with E-state index in [9.17, 15) is 4.79 Å².